The molecule has 2 aromatic carbocycles. The predicted molar refractivity (Wildman–Crippen MR) is 109 cm³/mol. The van der Waals surface area contributed by atoms with Crippen molar-refractivity contribution in [1.29, 1.82) is 0 Å². The lowest BCUT2D eigenvalue weighted by Gasteiger charge is -2.03. The number of aromatic nitrogens is 3. The van der Waals surface area contributed by atoms with E-state index in [9.17, 15) is 19.7 Å². The van der Waals surface area contributed by atoms with Gasteiger partial charge in [0.1, 0.15) is 0 Å². The average molecular weight is 432 g/mol. The molecule has 0 spiro atoms. The number of Topliss-reactive ketones (excluding diaryl/α,β-unsaturated/α-hetero) is 1. The number of nitrogens with zero attached hydrogens (tertiary/aromatic N) is 3. The summed E-state index contributed by atoms with van der Waals surface area (Å²) in [6.07, 6.45) is 0. The number of ketones is 1. The van der Waals surface area contributed by atoms with Crippen molar-refractivity contribution in [1.82, 2.24) is 15.2 Å². The number of hydrogen-bond donors (Lipinski definition) is 2. The number of non-ortho nitro benzene ring substituents is 1. The van der Waals surface area contributed by atoms with Gasteiger partial charge in [0.2, 0.25) is 11.1 Å². The van der Waals surface area contributed by atoms with Crippen LogP contribution in [-0.2, 0) is 4.79 Å². The molecule has 2 N–H and O–H groups in total. The standard InChI is InChI=1S/C18H14ClN5O4S/c1-10(25)20-12-4-2-3-11(7-12)17-21-18(23-22-17)29-9-16(26)14-8-13(24(27)28)5-6-15(14)19/h2-8H,9H2,1H3,(H,20,25)(H,21,22,23). The summed E-state index contributed by atoms with van der Waals surface area (Å²) in [4.78, 5) is 38.2. The van der Waals surface area contributed by atoms with Crippen molar-refractivity contribution < 1.29 is 14.5 Å². The Kier molecular flexibility index (Phi) is 6.25. The molecule has 3 rings (SSSR count). The van der Waals surface area contributed by atoms with Crippen molar-refractivity contribution >= 4 is 46.4 Å². The molecule has 0 aliphatic heterocycles. The predicted octanol–water partition coefficient (Wildman–Crippen LogP) is 3.97. The van der Waals surface area contributed by atoms with E-state index in [0.29, 0.717) is 22.2 Å². The number of halogens is 1. The number of carbonyl (C=O) groups excluding carboxylic acids is 2. The second kappa shape index (κ2) is 8.84. The fourth-order valence-electron chi connectivity index (χ4n) is 2.44. The van der Waals surface area contributed by atoms with E-state index in [0.717, 1.165) is 17.8 Å². The van der Waals surface area contributed by atoms with Gasteiger partial charge in [0.05, 0.1) is 15.7 Å². The summed E-state index contributed by atoms with van der Waals surface area (Å²) in [7, 11) is 0. The molecular weight excluding hydrogens is 418 g/mol. The van der Waals surface area contributed by atoms with Gasteiger partial charge in [0, 0.05) is 35.9 Å². The first-order valence-electron chi connectivity index (χ1n) is 8.24. The highest BCUT2D eigenvalue weighted by molar-refractivity contribution is 7.99. The lowest BCUT2D eigenvalue weighted by atomic mass is 10.1. The molecule has 0 aliphatic carbocycles. The van der Waals surface area contributed by atoms with Crippen LogP contribution in [-0.4, -0.2) is 37.5 Å². The highest BCUT2D eigenvalue weighted by Crippen LogP contribution is 2.26. The molecule has 1 heterocycles. The zero-order valence-corrected chi connectivity index (χ0v) is 16.6. The minimum atomic E-state index is -0.586. The van der Waals surface area contributed by atoms with Gasteiger partial charge in [0.15, 0.2) is 11.6 Å². The molecule has 29 heavy (non-hydrogen) atoms. The highest BCUT2D eigenvalue weighted by atomic mass is 35.5. The number of rotatable bonds is 7. The van der Waals surface area contributed by atoms with Crippen LogP contribution in [0.15, 0.2) is 47.6 Å². The van der Waals surface area contributed by atoms with Crippen LogP contribution in [0, 0.1) is 10.1 Å². The maximum Gasteiger partial charge on any atom is 0.270 e. The summed E-state index contributed by atoms with van der Waals surface area (Å²) in [5.74, 6) is -0.123. The van der Waals surface area contributed by atoms with Crippen LogP contribution in [0.4, 0.5) is 11.4 Å². The second-order valence-corrected chi connectivity index (χ2v) is 7.21. The van der Waals surface area contributed by atoms with Crippen LogP contribution in [0.5, 0.6) is 0 Å². The quantitative estimate of drug-likeness (QED) is 0.250. The third-order valence-corrected chi connectivity index (χ3v) is 4.89. The molecule has 0 fully saturated rings. The van der Waals surface area contributed by atoms with Gasteiger partial charge < -0.3 is 5.32 Å². The van der Waals surface area contributed by atoms with Crippen LogP contribution in [0.1, 0.15) is 17.3 Å². The van der Waals surface area contributed by atoms with Crippen LogP contribution in [0.25, 0.3) is 11.4 Å². The number of nitro benzene ring substituents is 1. The first kappa shape index (κ1) is 20.5. The lowest BCUT2D eigenvalue weighted by Crippen LogP contribution is -2.05. The van der Waals surface area contributed by atoms with Gasteiger partial charge in [-0.1, -0.05) is 35.5 Å². The fraction of sp³-hybridized carbons (Fsp3) is 0.111. The zero-order valence-electron chi connectivity index (χ0n) is 15.0. The van der Waals surface area contributed by atoms with Crippen molar-refractivity contribution in [2.45, 2.75) is 12.1 Å². The number of nitro groups is 1. The Morgan fingerprint density at radius 3 is 2.79 bits per heavy atom. The Morgan fingerprint density at radius 1 is 1.28 bits per heavy atom. The Bertz CT molecular complexity index is 1100. The number of amides is 1. The molecule has 0 aliphatic rings. The first-order valence-corrected chi connectivity index (χ1v) is 9.60. The molecule has 1 aromatic heterocycles. The van der Waals surface area contributed by atoms with Gasteiger partial charge in [-0.15, -0.1) is 5.10 Å². The molecule has 1 amide bonds. The maximum atomic E-state index is 12.4. The van der Waals surface area contributed by atoms with E-state index >= 15 is 0 Å². The second-order valence-electron chi connectivity index (χ2n) is 5.86. The molecule has 148 valence electrons. The van der Waals surface area contributed by atoms with Gasteiger partial charge in [-0.05, 0) is 18.2 Å². The van der Waals surface area contributed by atoms with Crippen molar-refractivity contribution in [3.63, 3.8) is 0 Å². The van der Waals surface area contributed by atoms with E-state index in [1.807, 2.05) is 0 Å². The summed E-state index contributed by atoms with van der Waals surface area (Å²) in [5.41, 5.74) is 1.20. The third kappa shape index (κ3) is 5.18. The summed E-state index contributed by atoms with van der Waals surface area (Å²) in [5, 5.41) is 20.9. The van der Waals surface area contributed by atoms with Crippen LogP contribution in [0.3, 0.4) is 0 Å². The van der Waals surface area contributed by atoms with E-state index in [4.69, 9.17) is 11.6 Å². The summed E-state index contributed by atoms with van der Waals surface area (Å²) < 4.78 is 0. The van der Waals surface area contributed by atoms with E-state index in [-0.39, 0.29) is 33.7 Å². The third-order valence-electron chi connectivity index (χ3n) is 3.71. The van der Waals surface area contributed by atoms with E-state index in [1.165, 1.54) is 19.1 Å². The lowest BCUT2D eigenvalue weighted by molar-refractivity contribution is -0.384. The number of anilines is 1. The van der Waals surface area contributed by atoms with Crippen LogP contribution < -0.4 is 5.32 Å². The van der Waals surface area contributed by atoms with Gasteiger partial charge in [-0.2, -0.15) is 0 Å². The van der Waals surface area contributed by atoms with E-state index < -0.39 is 4.92 Å². The Morgan fingerprint density at radius 2 is 2.07 bits per heavy atom. The molecule has 0 radical (unpaired) electrons. The van der Waals surface area contributed by atoms with Crippen LogP contribution >= 0.6 is 23.4 Å². The first-order chi connectivity index (χ1) is 13.8. The molecule has 11 heteroatoms. The normalized spacial score (nSPS) is 10.6. The topological polar surface area (TPSA) is 131 Å². The molecule has 0 atom stereocenters. The Balaban J connectivity index is 1.70. The number of aromatic amines is 1. The van der Waals surface area contributed by atoms with Gasteiger partial charge in [-0.25, -0.2) is 4.98 Å². The van der Waals surface area contributed by atoms with Gasteiger partial charge in [0.25, 0.3) is 5.69 Å². The summed E-state index contributed by atoms with van der Waals surface area (Å²) >= 11 is 7.07. The van der Waals surface area contributed by atoms with E-state index in [2.05, 4.69) is 20.5 Å². The molecular formula is C18H14ClN5O4S. The van der Waals surface area contributed by atoms with Crippen molar-refractivity contribution in [2.75, 3.05) is 11.1 Å². The van der Waals surface area contributed by atoms with Crippen LogP contribution in [0.2, 0.25) is 5.02 Å². The number of carbonyl (C=O) groups is 2. The Labute approximate surface area is 174 Å². The largest absolute Gasteiger partial charge is 0.326 e. The maximum absolute atomic E-state index is 12.4. The smallest absolute Gasteiger partial charge is 0.270 e. The summed E-state index contributed by atoms with van der Waals surface area (Å²) in [6, 6.07) is 10.8. The molecule has 0 bridgehead atoms. The highest BCUT2D eigenvalue weighted by Gasteiger charge is 2.17. The Hall–Kier alpha value is -3.24. The summed E-state index contributed by atoms with van der Waals surface area (Å²) in [6.45, 7) is 1.42. The molecule has 9 nitrogen and oxygen atoms in total. The number of thioether (sulfide) groups is 1. The van der Waals surface area contributed by atoms with Crippen molar-refractivity contribution in [3.05, 3.63) is 63.2 Å². The molecule has 0 saturated heterocycles. The van der Waals surface area contributed by atoms with Crippen molar-refractivity contribution in [2.24, 2.45) is 0 Å². The molecule has 0 saturated carbocycles. The number of nitrogens with one attached hydrogen (secondary N) is 2. The minimum absolute atomic E-state index is 0.0376. The fourth-order valence-corrected chi connectivity index (χ4v) is 3.34. The molecule has 0 unspecified atom stereocenters. The SMILES string of the molecule is CC(=O)Nc1cccc(-c2nc(SCC(=O)c3cc([N+](=O)[O-])ccc3Cl)n[nH]2)c1. The molecule has 3 aromatic rings. The van der Waals surface area contributed by atoms with Crippen molar-refractivity contribution in [3.8, 4) is 11.4 Å². The number of hydrogen-bond acceptors (Lipinski definition) is 7. The number of benzene rings is 2. The number of H-pyrrole nitrogens is 1. The average Bonchev–Trinajstić information content (AvgIpc) is 3.15. The van der Waals surface area contributed by atoms with Gasteiger partial charge >= 0.3 is 0 Å². The monoisotopic (exact) mass is 431 g/mol. The van der Waals surface area contributed by atoms with Gasteiger partial charge in [-0.3, -0.25) is 24.8 Å². The van der Waals surface area contributed by atoms with E-state index in [1.54, 1.807) is 24.3 Å². The zero-order chi connectivity index (χ0) is 21.0. The minimum Gasteiger partial charge on any atom is -0.326 e.